The monoisotopic (exact) mass is 511 g/mol. The molecule has 2 rings (SSSR count). The van der Waals surface area contributed by atoms with E-state index in [1.807, 2.05) is 60.7 Å². The van der Waals surface area contributed by atoms with Crippen LogP contribution in [0.25, 0.3) is 0 Å². The van der Waals surface area contributed by atoms with Crippen molar-refractivity contribution in [2.75, 3.05) is 0 Å². The topological polar surface area (TPSA) is 92.7 Å². The van der Waals surface area contributed by atoms with Crippen molar-refractivity contribution < 1.29 is 23.9 Å². The second-order valence-electron chi connectivity index (χ2n) is 10.5. The minimum atomic E-state index is -2.50. The second kappa shape index (κ2) is 13.4. The lowest BCUT2D eigenvalue weighted by Crippen LogP contribution is -2.53. The lowest BCUT2D eigenvalue weighted by atomic mass is 9.90. The van der Waals surface area contributed by atoms with Crippen LogP contribution in [0.3, 0.4) is 0 Å². The fraction of sp³-hybridized carbons (Fsp3) is 0.483. The molecular weight excluding hydrogens is 470 g/mol. The van der Waals surface area contributed by atoms with Crippen molar-refractivity contribution >= 4 is 26.2 Å². The molecule has 0 fully saturated rings. The average molecular weight is 512 g/mol. The molecule has 2 atom stereocenters. The summed E-state index contributed by atoms with van der Waals surface area (Å²) in [5, 5.41) is 12.6. The molecular formula is C29H41NO5Si. The molecule has 0 spiro atoms. The number of benzene rings is 2. The van der Waals surface area contributed by atoms with E-state index in [0.29, 0.717) is 0 Å². The summed E-state index contributed by atoms with van der Waals surface area (Å²) in [4.78, 5) is 38.6. The van der Waals surface area contributed by atoms with Crippen LogP contribution in [-0.2, 0) is 26.9 Å². The number of nitrogens with one attached hydrogen (secondary N) is 1. The van der Waals surface area contributed by atoms with Crippen LogP contribution in [0.5, 0.6) is 0 Å². The normalized spacial score (nSPS) is 13.5. The number of carboxylic acids is 1. The fourth-order valence-electron chi connectivity index (χ4n) is 5.31. The highest BCUT2D eigenvalue weighted by Crippen LogP contribution is 2.42. The molecule has 7 heteroatoms. The Morgan fingerprint density at radius 2 is 1.22 bits per heavy atom. The number of carboxylic acid groups (broad SMARTS) is 1. The number of hydrogen-bond donors (Lipinski definition) is 2. The van der Waals surface area contributed by atoms with Gasteiger partial charge in [0.2, 0.25) is 0 Å². The van der Waals surface area contributed by atoms with Crippen molar-refractivity contribution in [3.8, 4) is 0 Å². The molecule has 196 valence electrons. The van der Waals surface area contributed by atoms with Crippen molar-refractivity contribution in [1.29, 1.82) is 0 Å². The van der Waals surface area contributed by atoms with Crippen LogP contribution in [0.15, 0.2) is 60.7 Å². The van der Waals surface area contributed by atoms with E-state index in [2.05, 4.69) is 46.9 Å². The highest BCUT2D eigenvalue weighted by molar-refractivity contribution is 6.78. The van der Waals surface area contributed by atoms with Crippen molar-refractivity contribution in [2.24, 2.45) is 5.92 Å². The standard InChI is InChI=1S/C29H41NO5Si/c1-20(2)36(21(3)4,22(5)6)35-29(34)30-26(18-24-15-11-8-12-16-24)27(31)19-25(28(32)33)17-23-13-9-7-10-14-23/h7-16,20-22,25-26H,17-19H2,1-6H3,(H,30,34)(H,32,33)/t25-,26+/m1/s1. The molecule has 0 saturated carbocycles. The zero-order valence-corrected chi connectivity index (χ0v) is 23.4. The Balaban J connectivity index is 2.26. The molecule has 0 aliphatic carbocycles. The van der Waals surface area contributed by atoms with Crippen LogP contribution < -0.4 is 5.32 Å². The Kier molecular flexibility index (Phi) is 10.9. The summed E-state index contributed by atoms with van der Waals surface area (Å²) < 4.78 is 6.21. The van der Waals surface area contributed by atoms with Gasteiger partial charge in [0.25, 0.3) is 8.32 Å². The fourth-order valence-corrected chi connectivity index (χ4v) is 10.4. The van der Waals surface area contributed by atoms with Gasteiger partial charge in [-0.15, -0.1) is 0 Å². The first-order valence-corrected chi connectivity index (χ1v) is 14.9. The quantitative estimate of drug-likeness (QED) is 0.304. The van der Waals surface area contributed by atoms with E-state index in [4.69, 9.17) is 4.43 Å². The predicted molar refractivity (Wildman–Crippen MR) is 145 cm³/mol. The highest BCUT2D eigenvalue weighted by atomic mass is 28.4. The molecule has 2 aromatic carbocycles. The second-order valence-corrected chi connectivity index (χ2v) is 15.9. The van der Waals surface area contributed by atoms with E-state index < -0.39 is 32.3 Å². The van der Waals surface area contributed by atoms with Gasteiger partial charge in [-0.2, -0.15) is 0 Å². The molecule has 0 saturated heterocycles. The van der Waals surface area contributed by atoms with E-state index in [-0.39, 0.29) is 41.7 Å². The van der Waals surface area contributed by atoms with Crippen molar-refractivity contribution in [3.63, 3.8) is 0 Å². The van der Waals surface area contributed by atoms with E-state index in [9.17, 15) is 19.5 Å². The minimum absolute atomic E-state index is 0.177. The van der Waals surface area contributed by atoms with E-state index >= 15 is 0 Å². The van der Waals surface area contributed by atoms with Gasteiger partial charge in [-0.3, -0.25) is 9.59 Å². The lowest BCUT2D eigenvalue weighted by Gasteiger charge is -2.41. The maximum atomic E-state index is 13.4. The summed E-state index contributed by atoms with van der Waals surface area (Å²) in [5.41, 5.74) is 2.34. The Bertz CT molecular complexity index is 969. The van der Waals surface area contributed by atoms with Crippen molar-refractivity contribution in [1.82, 2.24) is 5.32 Å². The summed E-state index contributed by atoms with van der Waals surface area (Å²) in [7, 11) is -2.50. The Morgan fingerprint density at radius 1 is 0.778 bits per heavy atom. The molecule has 1 amide bonds. The number of aliphatic carboxylic acids is 1. The molecule has 0 heterocycles. The van der Waals surface area contributed by atoms with Crippen LogP contribution in [0, 0.1) is 5.92 Å². The summed E-state index contributed by atoms with van der Waals surface area (Å²) in [6, 6.07) is 17.8. The number of rotatable bonds is 13. The van der Waals surface area contributed by atoms with Crippen LogP contribution in [0.2, 0.25) is 16.6 Å². The zero-order valence-electron chi connectivity index (χ0n) is 22.4. The Hall–Kier alpha value is -2.93. The van der Waals surface area contributed by atoms with Gasteiger partial charge in [-0.25, -0.2) is 4.79 Å². The number of amides is 1. The Labute approximate surface area is 216 Å². The molecule has 0 radical (unpaired) electrons. The molecule has 36 heavy (non-hydrogen) atoms. The first kappa shape index (κ1) is 29.3. The summed E-state index contributed by atoms with van der Waals surface area (Å²) in [6.45, 7) is 12.5. The molecule has 0 aliphatic rings. The van der Waals surface area contributed by atoms with Gasteiger partial charge in [0.1, 0.15) is 0 Å². The summed E-state index contributed by atoms with van der Waals surface area (Å²) in [5.74, 6) is -2.23. The lowest BCUT2D eigenvalue weighted by molar-refractivity contribution is -0.143. The molecule has 2 aromatic rings. The maximum Gasteiger partial charge on any atom is 0.394 e. The smallest absolute Gasteiger partial charge is 0.394 e. The molecule has 0 bridgehead atoms. The van der Waals surface area contributed by atoms with Crippen LogP contribution in [0.4, 0.5) is 4.79 Å². The maximum absolute atomic E-state index is 13.4. The number of hydrogen-bond acceptors (Lipinski definition) is 4. The third-order valence-electron chi connectivity index (χ3n) is 7.06. The van der Waals surface area contributed by atoms with E-state index in [1.54, 1.807) is 0 Å². The first-order chi connectivity index (χ1) is 17.0. The third kappa shape index (κ3) is 7.78. The molecule has 0 aromatic heterocycles. The van der Waals surface area contributed by atoms with Gasteiger partial charge in [0, 0.05) is 6.42 Å². The number of Topliss-reactive ketones (excluding diaryl/α,β-unsaturated/α-hetero) is 1. The predicted octanol–water partition coefficient (Wildman–Crippen LogP) is 6.40. The van der Waals surface area contributed by atoms with E-state index in [0.717, 1.165) is 11.1 Å². The van der Waals surface area contributed by atoms with Gasteiger partial charge < -0.3 is 14.8 Å². The highest BCUT2D eigenvalue weighted by Gasteiger charge is 2.48. The Morgan fingerprint density at radius 3 is 1.64 bits per heavy atom. The summed E-state index contributed by atoms with van der Waals surface area (Å²) in [6.07, 6.45) is -0.258. The van der Waals surface area contributed by atoms with Crippen molar-refractivity contribution in [3.05, 3.63) is 71.8 Å². The van der Waals surface area contributed by atoms with Crippen LogP contribution in [0.1, 0.15) is 59.1 Å². The van der Waals surface area contributed by atoms with Gasteiger partial charge in [-0.05, 0) is 40.6 Å². The van der Waals surface area contributed by atoms with Gasteiger partial charge in [-0.1, -0.05) is 102 Å². The molecule has 0 aliphatic heterocycles. The van der Waals surface area contributed by atoms with Gasteiger partial charge in [0.05, 0.1) is 12.0 Å². The van der Waals surface area contributed by atoms with Crippen LogP contribution >= 0.6 is 0 Å². The first-order valence-electron chi connectivity index (χ1n) is 12.8. The molecule has 6 nitrogen and oxygen atoms in total. The largest absolute Gasteiger partial charge is 0.503 e. The minimum Gasteiger partial charge on any atom is -0.503 e. The molecule has 0 unspecified atom stereocenters. The SMILES string of the molecule is CC(C)[Si](OC(=O)N[C@@H](Cc1ccccc1)C(=O)C[C@@H](Cc1ccccc1)C(=O)O)(C(C)C)C(C)C. The molecule has 2 N–H and O–H groups in total. The number of carbonyl (C=O) groups is 3. The zero-order chi connectivity index (χ0) is 26.9. The van der Waals surface area contributed by atoms with Gasteiger partial charge >= 0.3 is 12.1 Å². The summed E-state index contributed by atoms with van der Waals surface area (Å²) >= 11 is 0. The van der Waals surface area contributed by atoms with E-state index in [1.165, 1.54) is 0 Å². The third-order valence-corrected chi connectivity index (χ3v) is 13.0. The number of carbonyl (C=O) groups excluding carboxylic acids is 2. The van der Waals surface area contributed by atoms with Crippen LogP contribution in [-0.4, -0.2) is 37.3 Å². The average Bonchev–Trinajstić information content (AvgIpc) is 2.82. The number of ketones is 1. The van der Waals surface area contributed by atoms with Crippen molar-refractivity contribution in [2.45, 2.75) is 83.5 Å². The van der Waals surface area contributed by atoms with Gasteiger partial charge in [0.15, 0.2) is 5.78 Å².